The molecule has 0 unspecified atom stereocenters. The van der Waals surface area contributed by atoms with Crippen LogP contribution in [0.1, 0.15) is 11.1 Å². The van der Waals surface area contributed by atoms with Gasteiger partial charge in [0.05, 0.1) is 5.56 Å². The van der Waals surface area contributed by atoms with Crippen LogP contribution in [0, 0.1) is 0 Å². The number of aliphatic carboxylic acids is 2. The molecular formula is C11H7F3O4. The lowest BCUT2D eigenvalue weighted by Gasteiger charge is -2.06. The molecule has 0 saturated heterocycles. The normalized spacial score (nSPS) is 10.8. The van der Waals surface area contributed by atoms with Crippen LogP contribution >= 0.6 is 0 Å². The Morgan fingerprint density at radius 1 is 1.00 bits per heavy atom. The van der Waals surface area contributed by atoms with E-state index in [-0.39, 0.29) is 5.56 Å². The summed E-state index contributed by atoms with van der Waals surface area (Å²) >= 11 is 0. The highest BCUT2D eigenvalue weighted by Gasteiger charge is 2.29. The van der Waals surface area contributed by atoms with Gasteiger partial charge in [0.1, 0.15) is 5.57 Å². The van der Waals surface area contributed by atoms with Crippen LogP contribution in [0.4, 0.5) is 13.2 Å². The summed E-state index contributed by atoms with van der Waals surface area (Å²) in [6.45, 7) is 0. The Bertz CT molecular complexity index is 484. The first-order chi connectivity index (χ1) is 8.21. The largest absolute Gasteiger partial charge is 0.477 e. The maximum Gasteiger partial charge on any atom is 0.416 e. The van der Waals surface area contributed by atoms with Gasteiger partial charge in [0.25, 0.3) is 0 Å². The Morgan fingerprint density at radius 3 is 1.78 bits per heavy atom. The van der Waals surface area contributed by atoms with Gasteiger partial charge in [-0.05, 0) is 23.8 Å². The molecule has 1 aromatic carbocycles. The average molecular weight is 260 g/mol. The Morgan fingerprint density at radius 2 is 1.44 bits per heavy atom. The minimum Gasteiger partial charge on any atom is -0.477 e. The molecule has 0 aliphatic carbocycles. The Kier molecular flexibility index (Phi) is 3.75. The second-order valence-corrected chi connectivity index (χ2v) is 3.29. The summed E-state index contributed by atoms with van der Waals surface area (Å²) in [6, 6.07) is 3.48. The van der Waals surface area contributed by atoms with Gasteiger partial charge in [0.15, 0.2) is 0 Å². The summed E-state index contributed by atoms with van der Waals surface area (Å²) < 4.78 is 36.7. The quantitative estimate of drug-likeness (QED) is 0.496. The van der Waals surface area contributed by atoms with E-state index in [2.05, 4.69) is 0 Å². The lowest BCUT2D eigenvalue weighted by molar-refractivity contribution is -0.140. The predicted molar refractivity (Wildman–Crippen MR) is 54.7 cm³/mol. The smallest absolute Gasteiger partial charge is 0.416 e. The molecule has 1 aromatic rings. The number of alkyl halides is 3. The summed E-state index contributed by atoms with van der Waals surface area (Å²) in [4.78, 5) is 21.1. The molecule has 0 saturated carbocycles. The molecule has 4 nitrogen and oxygen atoms in total. The number of hydrogen-bond acceptors (Lipinski definition) is 2. The number of rotatable bonds is 3. The molecule has 0 radical (unpaired) electrons. The van der Waals surface area contributed by atoms with Gasteiger partial charge in [0.2, 0.25) is 0 Å². The molecule has 0 atom stereocenters. The van der Waals surface area contributed by atoms with Crippen molar-refractivity contribution in [2.45, 2.75) is 6.18 Å². The molecule has 0 aliphatic heterocycles. The highest BCUT2D eigenvalue weighted by Crippen LogP contribution is 2.29. The van der Waals surface area contributed by atoms with E-state index in [9.17, 15) is 22.8 Å². The molecule has 96 valence electrons. The van der Waals surface area contributed by atoms with Gasteiger partial charge >= 0.3 is 18.1 Å². The Balaban J connectivity index is 3.09. The summed E-state index contributed by atoms with van der Waals surface area (Å²) in [7, 11) is 0. The standard InChI is InChI=1S/C11H7F3O4/c12-11(13,14)7-3-1-6(2-4-7)5-8(9(15)16)10(17)18/h1-5H,(H,15,16)(H,17,18). The van der Waals surface area contributed by atoms with Crippen molar-refractivity contribution in [3.05, 3.63) is 41.0 Å². The van der Waals surface area contributed by atoms with Crippen LogP contribution in [0.15, 0.2) is 29.8 Å². The third-order valence-corrected chi connectivity index (χ3v) is 2.01. The van der Waals surface area contributed by atoms with Gasteiger partial charge in [-0.1, -0.05) is 12.1 Å². The molecule has 0 bridgehead atoms. The first-order valence-electron chi connectivity index (χ1n) is 4.57. The second kappa shape index (κ2) is 4.91. The fraction of sp³-hybridized carbons (Fsp3) is 0.0909. The fourth-order valence-electron chi connectivity index (χ4n) is 1.15. The van der Waals surface area contributed by atoms with Gasteiger partial charge < -0.3 is 10.2 Å². The van der Waals surface area contributed by atoms with Crippen molar-refractivity contribution in [1.82, 2.24) is 0 Å². The van der Waals surface area contributed by atoms with Crippen molar-refractivity contribution >= 4 is 18.0 Å². The Labute approximate surface area is 99.0 Å². The number of benzene rings is 1. The van der Waals surface area contributed by atoms with Crippen LogP contribution < -0.4 is 0 Å². The van der Waals surface area contributed by atoms with Gasteiger partial charge in [0, 0.05) is 0 Å². The number of carboxylic acids is 2. The van der Waals surface area contributed by atoms with E-state index in [0.29, 0.717) is 0 Å². The first-order valence-corrected chi connectivity index (χ1v) is 4.57. The van der Waals surface area contributed by atoms with E-state index in [1.54, 1.807) is 0 Å². The monoisotopic (exact) mass is 260 g/mol. The molecule has 1 rings (SSSR count). The summed E-state index contributed by atoms with van der Waals surface area (Å²) in [5.41, 5.74) is -1.76. The molecule has 2 N–H and O–H groups in total. The van der Waals surface area contributed by atoms with Crippen molar-refractivity contribution in [2.75, 3.05) is 0 Å². The second-order valence-electron chi connectivity index (χ2n) is 3.29. The third kappa shape index (κ3) is 3.34. The minimum atomic E-state index is -4.50. The molecule has 0 aromatic heterocycles. The zero-order valence-corrected chi connectivity index (χ0v) is 8.73. The molecule has 0 heterocycles. The van der Waals surface area contributed by atoms with Crippen LogP contribution in [0.5, 0.6) is 0 Å². The zero-order chi connectivity index (χ0) is 13.9. The highest BCUT2D eigenvalue weighted by atomic mass is 19.4. The lowest BCUT2D eigenvalue weighted by atomic mass is 10.1. The number of carboxylic acid groups (broad SMARTS) is 2. The van der Waals surface area contributed by atoms with Crippen molar-refractivity contribution in [1.29, 1.82) is 0 Å². The van der Waals surface area contributed by atoms with Crippen LogP contribution in [0.25, 0.3) is 6.08 Å². The predicted octanol–water partition coefficient (Wildman–Crippen LogP) is 2.26. The molecule has 7 heteroatoms. The molecule has 0 fully saturated rings. The summed E-state index contributed by atoms with van der Waals surface area (Å²) in [5, 5.41) is 17.1. The molecule has 0 aliphatic rings. The van der Waals surface area contributed by atoms with Crippen LogP contribution in [-0.2, 0) is 15.8 Å². The topological polar surface area (TPSA) is 74.6 Å². The zero-order valence-electron chi connectivity index (χ0n) is 8.73. The number of hydrogen-bond donors (Lipinski definition) is 2. The maximum atomic E-state index is 12.2. The van der Waals surface area contributed by atoms with Crippen LogP contribution in [0.2, 0.25) is 0 Å². The highest BCUT2D eigenvalue weighted by molar-refractivity contribution is 6.16. The first kappa shape index (κ1) is 13.8. The molecule has 18 heavy (non-hydrogen) atoms. The SMILES string of the molecule is O=C(O)C(=Cc1ccc(C(F)(F)F)cc1)C(=O)O. The van der Waals surface area contributed by atoms with Crippen molar-refractivity contribution in [2.24, 2.45) is 0 Å². The van der Waals surface area contributed by atoms with E-state index < -0.39 is 29.3 Å². The summed E-state index contributed by atoms with van der Waals surface area (Å²) in [6.07, 6.45) is -3.71. The van der Waals surface area contributed by atoms with Crippen molar-refractivity contribution in [3.8, 4) is 0 Å². The Hall–Kier alpha value is -2.31. The molecule has 0 spiro atoms. The number of carbonyl (C=O) groups is 2. The van der Waals surface area contributed by atoms with Crippen molar-refractivity contribution < 1.29 is 33.0 Å². The fourth-order valence-corrected chi connectivity index (χ4v) is 1.15. The number of halogens is 3. The third-order valence-electron chi connectivity index (χ3n) is 2.01. The van der Waals surface area contributed by atoms with E-state index in [0.717, 1.165) is 30.3 Å². The summed E-state index contributed by atoms with van der Waals surface area (Å²) in [5.74, 6) is -3.33. The van der Waals surface area contributed by atoms with E-state index >= 15 is 0 Å². The molecular weight excluding hydrogens is 253 g/mol. The average Bonchev–Trinajstić information content (AvgIpc) is 2.24. The van der Waals surface area contributed by atoms with Gasteiger partial charge in [-0.2, -0.15) is 13.2 Å². The van der Waals surface area contributed by atoms with E-state index in [1.165, 1.54) is 0 Å². The lowest BCUT2D eigenvalue weighted by Crippen LogP contribution is -2.10. The molecule has 0 amide bonds. The van der Waals surface area contributed by atoms with Gasteiger partial charge in [-0.15, -0.1) is 0 Å². The van der Waals surface area contributed by atoms with Crippen LogP contribution in [0.3, 0.4) is 0 Å². The van der Waals surface area contributed by atoms with E-state index in [4.69, 9.17) is 10.2 Å². The van der Waals surface area contributed by atoms with Gasteiger partial charge in [-0.3, -0.25) is 0 Å². The maximum absolute atomic E-state index is 12.2. The van der Waals surface area contributed by atoms with Crippen LogP contribution in [-0.4, -0.2) is 22.2 Å². The van der Waals surface area contributed by atoms with Gasteiger partial charge in [-0.25, -0.2) is 9.59 Å². The van der Waals surface area contributed by atoms with E-state index in [1.807, 2.05) is 0 Å². The van der Waals surface area contributed by atoms with Crippen molar-refractivity contribution in [3.63, 3.8) is 0 Å². The minimum absolute atomic E-state index is 0.0581.